The van der Waals surface area contributed by atoms with Crippen LogP contribution in [-0.4, -0.2) is 25.4 Å². The number of benzene rings is 1. The van der Waals surface area contributed by atoms with Gasteiger partial charge in [-0.05, 0) is 18.9 Å². The zero-order valence-electron chi connectivity index (χ0n) is 9.69. The maximum Gasteiger partial charge on any atom is 0.235 e. The Kier molecular flexibility index (Phi) is 2.77. The first-order valence-electron chi connectivity index (χ1n) is 5.21. The number of rotatable bonds is 4. The maximum atomic E-state index is 10.4. The summed E-state index contributed by atoms with van der Waals surface area (Å²) < 4.78 is 10.2. The Morgan fingerprint density at radius 2 is 1.94 bits per heavy atom. The summed E-state index contributed by atoms with van der Waals surface area (Å²) in [6.07, 6.45) is 3.08. The molecule has 0 unspecified atom stereocenters. The van der Waals surface area contributed by atoms with Crippen LogP contribution in [0.3, 0.4) is 0 Å². The van der Waals surface area contributed by atoms with Crippen molar-refractivity contribution in [2.75, 3.05) is 14.2 Å². The van der Waals surface area contributed by atoms with Crippen molar-refractivity contribution >= 4 is 6.08 Å². The quantitative estimate of drug-likeness (QED) is 0.637. The molecule has 5 heteroatoms. The number of hydrogen-bond donors (Lipinski definition) is 1. The van der Waals surface area contributed by atoms with Gasteiger partial charge < -0.3 is 14.6 Å². The molecule has 0 amide bonds. The molecule has 5 nitrogen and oxygen atoms in total. The molecule has 2 rings (SSSR count). The Morgan fingerprint density at radius 3 is 2.41 bits per heavy atom. The summed E-state index contributed by atoms with van der Waals surface area (Å²) in [6, 6.07) is 3.12. The predicted molar refractivity (Wildman–Crippen MR) is 60.2 cm³/mol. The standard InChI is InChI=1S/C12H13NO4/c1-16-10-6-11(17-2)9(15)5-8(10)12(3-4-12)13-7-14/h5-6,15H,3-4H2,1-2H3. The van der Waals surface area contributed by atoms with Crippen LogP contribution in [0.15, 0.2) is 17.1 Å². The van der Waals surface area contributed by atoms with Gasteiger partial charge >= 0.3 is 0 Å². The molecule has 1 aromatic carbocycles. The average molecular weight is 235 g/mol. The molecule has 1 aliphatic carbocycles. The van der Waals surface area contributed by atoms with Crippen molar-refractivity contribution < 1.29 is 19.4 Å². The summed E-state index contributed by atoms with van der Waals surface area (Å²) >= 11 is 0. The Bertz CT molecular complexity index is 488. The first-order chi connectivity index (χ1) is 8.16. The highest BCUT2D eigenvalue weighted by Gasteiger charge is 2.47. The van der Waals surface area contributed by atoms with E-state index in [4.69, 9.17) is 9.47 Å². The number of aromatic hydroxyl groups is 1. The third-order valence-electron chi connectivity index (χ3n) is 2.99. The van der Waals surface area contributed by atoms with Gasteiger partial charge in [0, 0.05) is 11.6 Å². The Balaban J connectivity index is 2.54. The van der Waals surface area contributed by atoms with Crippen LogP contribution in [0.1, 0.15) is 18.4 Å². The van der Waals surface area contributed by atoms with E-state index in [1.165, 1.54) is 20.3 Å². The summed E-state index contributed by atoms with van der Waals surface area (Å²) in [5.74, 6) is 0.892. The number of phenols is 1. The van der Waals surface area contributed by atoms with E-state index in [1.54, 1.807) is 12.1 Å². The number of isocyanates is 1. The van der Waals surface area contributed by atoms with Crippen molar-refractivity contribution in [1.82, 2.24) is 0 Å². The predicted octanol–water partition coefficient (Wildman–Crippen LogP) is 1.73. The van der Waals surface area contributed by atoms with E-state index in [0.717, 1.165) is 12.8 Å². The lowest BCUT2D eigenvalue weighted by Gasteiger charge is -2.15. The lowest BCUT2D eigenvalue weighted by Crippen LogP contribution is -2.05. The van der Waals surface area contributed by atoms with Crippen LogP contribution < -0.4 is 9.47 Å². The Labute approximate surface area is 98.7 Å². The molecule has 0 aliphatic heterocycles. The molecule has 1 saturated carbocycles. The molecule has 1 fully saturated rings. The van der Waals surface area contributed by atoms with Gasteiger partial charge in [0.15, 0.2) is 11.5 Å². The molecular weight excluding hydrogens is 222 g/mol. The largest absolute Gasteiger partial charge is 0.504 e. The zero-order chi connectivity index (χ0) is 12.5. The van der Waals surface area contributed by atoms with Crippen LogP contribution in [0.5, 0.6) is 17.2 Å². The average Bonchev–Trinajstić information content (AvgIpc) is 3.10. The summed E-state index contributed by atoms with van der Waals surface area (Å²) in [5, 5.41) is 9.75. The SMILES string of the molecule is COc1cc(OC)c(C2(N=C=O)CC2)cc1O. The van der Waals surface area contributed by atoms with Crippen LogP contribution in [0, 0.1) is 0 Å². The number of hydrogen-bond acceptors (Lipinski definition) is 5. The topological polar surface area (TPSA) is 68.1 Å². The lowest BCUT2D eigenvalue weighted by molar-refractivity contribution is 0.360. The Morgan fingerprint density at radius 1 is 1.29 bits per heavy atom. The molecule has 0 bridgehead atoms. The van der Waals surface area contributed by atoms with E-state index in [2.05, 4.69) is 4.99 Å². The minimum absolute atomic E-state index is 0.00988. The maximum absolute atomic E-state index is 10.4. The van der Waals surface area contributed by atoms with Gasteiger partial charge in [-0.3, -0.25) is 0 Å². The second-order valence-electron chi connectivity index (χ2n) is 3.96. The van der Waals surface area contributed by atoms with Crippen molar-refractivity contribution in [2.24, 2.45) is 4.99 Å². The Hall–Kier alpha value is -2.00. The van der Waals surface area contributed by atoms with Crippen LogP contribution in [0.2, 0.25) is 0 Å². The molecular formula is C12H13NO4. The second-order valence-corrected chi connectivity index (χ2v) is 3.96. The fourth-order valence-electron chi connectivity index (χ4n) is 1.89. The molecule has 0 atom stereocenters. The van der Waals surface area contributed by atoms with Crippen LogP contribution >= 0.6 is 0 Å². The highest BCUT2D eigenvalue weighted by Crippen LogP contribution is 2.54. The molecule has 0 saturated heterocycles. The number of carbonyl (C=O) groups excluding carboxylic acids is 1. The van der Waals surface area contributed by atoms with Crippen LogP contribution in [0.25, 0.3) is 0 Å². The van der Waals surface area contributed by atoms with E-state index >= 15 is 0 Å². The van der Waals surface area contributed by atoms with E-state index in [9.17, 15) is 9.90 Å². The van der Waals surface area contributed by atoms with E-state index in [0.29, 0.717) is 17.1 Å². The molecule has 17 heavy (non-hydrogen) atoms. The summed E-state index contributed by atoms with van der Waals surface area (Å²) in [7, 11) is 2.99. The van der Waals surface area contributed by atoms with Crippen molar-refractivity contribution in [3.05, 3.63) is 17.7 Å². The number of methoxy groups -OCH3 is 2. The number of phenolic OH excluding ortho intramolecular Hbond substituents is 1. The van der Waals surface area contributed by atoms with Crippen LogP contribution in [0.4, 0.5) is 0 Å². The fraction of sp³-hybridized carbons (Fsp3) is 0.417. The molecule has 0 spiro atoms. The number of nitrogens with zero attached hydrogens (tertiary/aromatic N) is 1. The van der Waals surface area contributed by atoms with Gasteiger partial charge in [-0.25, -0.2) is 4.79 Å². The van der Waals surface area contributed by atoms with E-state index in [1.807, 2.05) is 0 Å². The molecule has 90 valence electrons. The third-order valence-corrected chi connectivity index (χ3v) is 2.99. The molecule has 1 N–H and O–H groups in total. The second kappa shape index (κ2) is 4.11. The first kappa shape index (κ1) is 11.5. The number of ether oxygens (including phenoxy) is 2. The molecule has 0 aromatic heterocycles. The molecule has 0 radical (unpaired) electrons. The van der Waals surface area contributed by atoms with Crippen molar-refractivity contribution in [2.45, 2.75) is 18.4 Å². The van der Waals surface area contributed by atoms with Gasteiger partial charge in [0.1, 0.15) is 11.3 Å². The van der Waals surface area contributed by atoms with E-state index in [-0.39, 0.29) is 5.75 Å². The van der Waals surface area contributed by atoms with E-state index < -0.39 is 5.54 Å². The highest BCUT2D eigenvalue weighted by atomic mass is 16.5. The zero-order valence-corrected chi connectivity index (χ0v) is 9.69. The monoisotopic (exact) mass is 235 g/mol. The third kappa shape index (κ3) is 1.85. The summed E-state index contributed by atoms with van der Waals surface area (Å²) in [5.41, 5.74) is 0.123. The molecule has 0 heterocycles. The smallest absolute Gasteiger partial charge is 0.235 e. The first-order valence-corrected chi connectivity index (χ1v) is 5.21. The van der Waals surface area contributed by atoms with Crippen molar-refractivity contribution in [3.63, 3.8) is 0 Å². The minimum atomic E-state index is -0.573. The van der Waals surface area contributed by atoms with Gasteiger partial charge in [-0.2, -0.15) is 4.99 Å². The molecule has 1 aliphatic rings. The molecule has 1 aromatic rings. The van der Waals surface area contributed by atoms with Gasteiger partial charge in [0.05, 0.1) is 14.2 Å². The normalized spacial score (nSPS) is 15.9. The van der Waals surface area contributed by atoms with Gasteiger partial charge in [0.2, 0.25) is 6.08 Å². The number of aliphatic imine (C=N–C) groups is 1. The van der Waals surface area contributed by atoms with Gasteiger partial charge in [-0.1, -0.05) is 0 Å². The van der Waals surface area contributed by atoms with Crippen molar-refractivity contribution in [3.8, 4) is 17.2 Å². The fourth-order valence-corrected chi connectivity index (χ4v) is 1.89. The van der Waals surface area contributed by atoms with Crippen molar-refractivity contribution in [1.29, 1.82) is 0 Å². The summed E-state index contributed by atoms with van der Waals surface area (Å²) in [4.78, 5) is 14.2. The van der Waals surface area contributed by atoms with Gasteiger partial charge in [-0.15, -0.1) is 0 Å². The minimum Gasteiger partial charge on any atom is -0.504 e. The lowest BCUT2D eigenvalue weighted by atomic mass is 10.0. The van der Waals surface area contributed by atoms with Crippen LogP contribution in [-0.2, 0) is 10.3 Å². The highest BCUT2D eigenvalue weighted by molar-refractivity contribution is 5.55. The summed E-state index contributed by atoms with van der Waals surface area (Å²) in [6.45, 7) is 0. The van der Waals surface area contributed by atoms with Gasteiger partial charge in [0.25, 0.3) is 0 Å².